The summed E-state index contributed by atoms with van der Waals surface area (Å²) >= 11 is 6.59. The van der Waals surface area contributed by atoms with Crippen LogP contribution in [-0.2, 0) is 0 Å². The number of hydrogen-bond donors (Lipinski definition) is 1. The Balaban J connectivity index is 0.000000451. The van der Waals surface area contributed by atoms with Gasteiger partial charge in [0.15, 0.2) is 3.95 Å². The second kappa shape index (κ2) is 6.30. The van der Waals surface area contributed by atoms with E-state index < -0.39 is 0 Å². The van der Waals surface area contributed by atoms with Crippen molar-refractivity contribution in [1.29, 1.82) is 5.26 Å². The Kier molecular flexibility index (Phi) is 6.21. The fourth-order valence-corrected chi connectivity index (χ4v) is 2.01. The summed E-state index contributed by atoms with van der Waals surface area (Å²) in [5, 5.41) is 6.25. The van der Waals surface area contributed by atoms with Gasteiger partial charge in [0.25, 0.3) is 0 Å². The van der Waals surface area contributed by atoms with E-state index in [0.29, 0.717) is 0 Å². The topological polar surface area (TPSA) is 39.6 Å². The maximum absolute atomic E-state index is 6.25. The molecule has 0 saturated heterocycles. The van der Waals surface area contributed by atoms with Crippen molar-refractivity contribution in [3.8, 4) is 0 Å². The van der Waals surface area contributed by atoms with Crippen molar-refractivity contribution in [2.75, 3.05) is 0 Å². The molecule has 1 aromatic heterocycles. The number of fused-ring (bicyclic) bond motifs is 1. The van der Waals surface area contributed by atoms with E-state index in [1.165, 1.54) is 4.70 Å². The fourth-order valence-electron chi connectivity index (χ4n) is 0.894. The molecule has 0 atom stereocenters. The summed E-state index contributed by atoms with van der Waals surface area (Å²) in [5.41, 5.74) is 1.14. The van der Waals surface area contributed by atoms with E-state index in [0.717, 1.165) is 9.47 Å². The van der Waals surface area contributed by atoms with Gasteiger partial charge in [0.05, 0.1) is 10.2 Å². The van der Waals surface area contributed by atoms with Crippen LogP contribution in [0.15, 0.2) is 24.3 Å². The minimum absolute atomic E-state index is 0. The number of aromatic nitrogens is 1. The molecule has 0 bridgehead atoms. The Labute approximate surface area is 108 Å². The first-order valence-corrected chi connectivity index (χ1v) is 4.39. The van der Waals surface area contributed by atoms with Gasteiger partial charge in [0.1, 0.15) is 0 Å². The molecule has 0 fully saturated rings. The Morgan fingerprint density at radius 3 is 2.54 bits per heavy atom. The summed E-state index contributed by atoms with van der Waals surface area (Å²) in [7, 11) is 0. The van der Waals surface area contributed by atoms with Crippen LogP contribution >= 0.6 is 23.6 Å². The molecule has 2 rings (SSSR count). The molecule has 1 heterocycles. The molecule has 0 radical (unpaired) electrons. The minimum atomic E-state index is 0. The molecule has 0 spiro atoms. The predicted molar refractivity (Wildman–Crippen MR) is 52.0 cm³/mol. The number of hydrogen-bond acceptors (Lipinski definition) is 3. The third-order valence-corrected chi connectivity index (χ3v) is 2.54. The van der Waals surface area contributed by atoms with Gasteiger partial charge >= 0.3 is 29.6 Å². The summed E-state index contributed by atoms with van der Waals surface area (Å²) < 4.78 is 2.08. The van der Waals surface area contributed by atoms with Crippen LogP contribution in [0.4, 0.5) is 0 Å². The Bertz CT molecular complexity index is 408. The van der Waals surface area contributed by atoms with Gasteiger partial charge in [-0.15, -0.1) is 11.3 Å². The summed E-state index contributed by atoms with van der Waals surface area (Å²) in [6, 6.07) is 8.11. The van der Waals surface area contributed by atoms with E-state index in [2.05, 4.69) is 11.1 Å². The first-order chi connectivity index (χ1) is 5.86. The van der Waals surface area contributed by atoms with E-state index >= 15 is 0 Å². The zero-order valence-electron chi connectivity index (χ0n) is 7.07. The molecule has 0 aliphatic heterocycles. The molecule has 13 heavy (non-hydrogen) atoms. The minimum Gasteiger partial charge on any atom is -0.512 e. The molecule has 0 saturated carbocycles. The molecule has 2 aromatic rings. The zero-order chi connectivity index (χ0) is 8.97. The Morgan fingerprint density at radius 1 is 1.31 bits per heavy atom. The Morgan fingerprint density at radius 2 is 1.92 bits per heavy atom. The van der Waals surface area contributed by atoms with Crippen LogP contribution in [0, 0.1) is 15.8 Å². The molecular formula is C8H5N2NaS2. The summed E-state index contributed by atoms with van der Waals surface area (Å²) in [6.07, 6.45) is 0. The fraction of sp³-hybridized carbons (Fsp3) is 0. The van der Waals surface area contributed by atoms with Gasteiger partial charge in [0, 0.05) is 0 Å². The van der Waals surface area contributed by atoms with E-state index in [9.17, 15) is 0 Å². The van der Waals surface area contributed by atoms with Crippen LogP contribution in [-0.4, -0.2) is 4.98 Å². The predicted octanol–water partition coefficient (Wildman–Crippen LogP) is 0.0593. The smallest absolute Gasteiger partial charge is 0.512 e. The maximum Gasteiger partial charge on any atom is 1.00 e. The molecule has 0 unspecified atom stereocenters. The molecule has 0 amide bonds. The van der Waals surface area contributed by atoms with Gasteiger partial charge in [0.2, 0.25) is 0 Å². The monoisotopic (exact) mass is 216 g/mol. The first-order valence-electron chi connectivity index (χ1n) is 3.16. The van der Waals surface area contributed by atoms with Crippen LogP contribution in [0.25, 0.3) is 10.2 Å². The van der Waals surface area contributed by atoms with Crippen LogP contribution in [0.5, 0.6) is 0 Å². The molecule has 2 nitrogen and oxygen atoms in total. The normalized spacial score (nSPS) is 8.15. The molecular weight excluding hydrogens is 211 g/mol. The number of nitrogens with one attached hydrogen (secondary N) is 1. The first kappa shape index (κ1) is 12.8. The van der Waals surface area contributed by atoms with Crippen molar-refractivity contribution >= 4 is 33.8 Å². The molecule has 1 N–H and O–H groups in total. The summed E-state index contributed by atoms with van der Waals surface area (Å²) in [5.74, 6) is 0. The van der Waals surface area contributed by atoms with Crippen molar-refractivity contribution in [2.45, 2.75) is 0 Å². The van der Waals surface area contributed by atoms with Gasteiger partial charge in [-0.05, 0) is 24.4 Å². The molecule has 5 heteroatoms. The number of rotatable bonds is 0. The SMILES string of the molecule is S=c1[nH]c2ccccc2s1.[C-]#N.[Na+]. The average molecular weight is 216 g/mol. The van der Waals surface area contributed by atoms with Gasteiger partial charge in [-0.25, -0.2) is 0 Å². The van der Waals surface area contributed by atoms with Crippen LogP contribution in [0.1, 0.15) is 0 Å². The number of benzene rings is 1. The second-order valence-corrected chi connectivity index (χ2v) is 3.73. The van der Waals surface area contributed by atoms with Crippen molar-refractivity contribution < 1.29 is 29.6 Å². The summed E-state index contributed by atoms with van der Waals surface area (Å²) in [6.45, 7) is 4.75. The standard InChI is InChI=1S/C7H5NS2.CN.Na/c9-7-8-5-3-1-2-4-6(5)10-7;1-2;/h1-4H,(H,8,9);;/q;-1;+1. The van der Waals surface area contributed by atoms with Crippen molar-refractivity contribution in [1.82, 2.24) is 4.98 Å². The van der Waals surface area contributed by atoms with Crippen molar-refractivity contribution in [3.05, 3.63) is 34.8 Å². The van der Waals surface area contributed by atoms with Crippen molar-refractivity contribution in [2.24, 2.45) is 0 Å². The van der Waals surface area contributed by atoms with E-state index in [-0.39, 0.29) is 29.6 Å². The molecule has 0 aliphatic rings. The zero-order valence-corrected chi connectivity index (χ0v) is 10.7. The van der Waals surface area contributed by atoms with E-state index in [4.69, 9.17) is 24.1 Å². The van der Waals surface area contributed by atoms with Crippen LogP contribution in [0.2, 0.25) is 0 Å². The van der Waals surface area contributed by atoms with E-state index in [1.54, 1.807) is 11.3 Å². The van der Waals surface area contributed by atoms with Gasteiger partial charge in [-0.2, -0.15) is 0 Å². The quantitative estimate of drug-likeness (QED) is 0.384. The van der Waals surface area contributed by atoms with Gasteiger partial charge < -0.3 is 16.8 Å². The van der Waals surface area contributed by atoms with Crippen LogP contribution < -0.4 is 29.6 Å². The van der Waals surface area contributed by atoms with Crippen LogP contribution in [0.3, 0.4) is 0 Å². The largest absolute Gasteiger partial charge is 1.00 e. The number of aromatic amines is 1. The Hall–Kier alpha value is -0.180. The van der Waals surface area contributed by atoms with Gasteiger partial charge in [-0.3, -0.25) is 0 Å². The number of H-pyrrole nitrogens is 1. The second-order valence-electron chi connectivity index (χ2n) is 2.01. The molecule has 60 valence electrons. The molecule has 0 aliphatic carbocycles. The van der Waals surface area contributed by atoms with Crippen molar-refractivity contribution in [3.63, 3.8) is 0 Å². The summed E-state index contributed by atoms with van der Waals surface area (Å²) in [4.78, 5) is 3.09. The third-order valence-electron chi connectivity index (χ3n) is 1.33. The number of para-hydroxylation sites is 1. The number of thiazole rings is 1. The van der Waals surface area contributed by atoms with Gasteiger partial charge in [-0.1, -0.05) is 12.1 Å². The third kappa shape index (κ3) is 3.22. The van der Waals surface area contributed by atoms with E-state index in [1.807, 2.05) is 18.2 Å². The molecule has 1 aromatic carbocycles. The maximum atomic E-state index is 6.25. The number of nitrogens with zero attached hydrogens (tertiary/aromatic N) is 1. The average Bonchev–Trinajstić information content (AvgIpc) is 2.48.